The number of aromatic nitrogens is 1. The van der Waals surface area contributed by atoms with Gasteiger partial charge in [0.05, 0.1) is 0 Å². The lowest BCUT2D eigenvalue weighted by Crippen LogP contribution is -2.57. The van der Waals surface area contributed by atoms with Crippen molar-refractivity contribution in [2.24, 2.45) is 11.3 Å². The van der Waals surface area contributed by atoms with Gasteiger partial charge in [-0.2, -0.15) is 0 Å². The number of carbonyl (C=O) groups is 1. The Kier molecular flexibility index (Phi) is 4.75. The number of amides is 1. The van der Waals surface area contributed by atoms with E-state index in [2.05, 4.69) is 22.0 Å². The minimum atomic E-state index is 0.0958. The number of likely N-dealkylation sites (tertiary alicyclic amines) is 1. The normalized spacial score (nSPS) is 22.6. The van der Waals surface area contributed by atoms with Gasteiger partial charge >= 0.3 is 0 Å². The van der Waals surface area contributed by atoms with Crippen LogP contribution < -0.4 is 4.90 Å². The molecule has 1 spiro atoms. The summed E-state index contributed by atoms with van der Waals surface area (Å²) in [6.45, 7) is 3.82. The summed E-state index contributed by atoms with van der Waals surface area (Å²) in [5, 5.41) is 0. The van der Waals surface area contributed by atoms with E-state index in [1.165, 1.54) is 51.7 Å². The predicted molar refractivity (Wildman–Crippen MR) is 113 cm³/mol. The molecule has 1 aliphatic heterocycles. The van der Waals surface area contributed by atoms with Crippen molar-refractivity contribution in [3.05, 3.63) is 54.4 Å². The Morgan fingerprint density at radius 1 is 1.07 bits per heavy atom. The summed E-state index contributed by atoms with van der Waals surface area (Å²) < 4.78 is 0. The summed E-state index contributed by atoms with van der Waals surface area (Å²) in [5.41, 5.74) is 2.16. The van der Waals surface area contributed by atoms with Crippen LogP contribution in [0.4, 0.5) is 5.69 Å². The molecule has 4 heteroatoms. The maximum Gasteiger partial charge on any atom is 0.274 e. The van der Waals surface area contributed by atoms with Gasteiger partial charge in [0.2, 0.25) is 0 Å². The van der Waals surface area contributed by atoms with Gasteiger partial charge in [-0.25, -0.2) is 0 Å². The Balaban J connectivity index is 1.25. The molecule has 0 atom stereocenters. The van der Waals surface area contributed by atoms with Gasteiger partial charge in [-0.3, -0.25) is 4.79 Å². The number of hydrogen-bond donors (Lipinski definition) is 1. The van der Waals surface area contributed by atoms with E-state index < -0.39 is 0 Å². The number of carbonyl (C=O) groups excluding carboxylic acids is 1. The summed E-state index contributed by atoms with van der Waals surface area (Å²) in [6.07, 6.45) is 11.0. The van der Waals surface area contributed by atoms with Gasteiger partial charge in [0, 0.05) is 24.5 Å². The summed E-state index contributed by atoms with van der Waals surface area (Å²) in [4.78, 5) is 21.0. The van der Waals surface area contributed by atoms with Crippen LogP contribution in [0.5, 0.6) is 0 Å². The van der Waals surface area contributed by atoms with Crippen LogP contribution in [-0.4, -0.2) is 41.5 Å². The number of anilines is 1. The zero-order chi connectivity index (χ0) is 19.0. The SMILES string of the molecule is O=C(c1ccc[nH]1)N(c1ccccc1)C1CC2(CCN(CC3CCC3)CC2)C1. The van der Waals surface area contributed by atoms with E-state index in [-0.39, 0.29) is 5.91 Å². The van der Waals surface area contributed by atoms with Gasteiger partial charge in [-0.15, -0.1) is 0 Å². The molecule has 1 aromatic carbocycles. The van der Waals surface area contributed by atoms with Gasteiger partial charge in [0.1, 0.15) is 5.69 Å². The first kappa shape index (κ1) is 18.0. The molecule has 0 unspecified atom stereocenters. The Hall–Kier alpha value is -2.07. The van der Waals surface area contributed by atoms with Crippen molar-refractivity contribution in [3.8, 4) is 0 Å². The first-order valence-electron chi connectivity index (χ1n) is 11.0. The average molecular weight is 378 g/mol. The molecule has 1 amide bonds. The zero-order valence-corrected chi connectivity index (χ0v) is 16.6. The number of H-pyrrole nitrogens is 1. The van der Waals surface area contributed by atoms with Gasteiger partial charge in [0.25, 0.3) is 5.91 Å². The molecule has 2 saturated carbocycles. The fraction of sp³-hybridized carbons (Fsp3) is 0.542. The fourth-order valence-electron chi connectivity index (χ4n) is 5.46. The molecule has 28 heavy (non-hydrogen) atoms. The third kappa shape index (κ3) is 3.39. The van der Waals surface area contributed by atoms with Gasteiger partial charge in [-0.1, -0.05) is 24.6 Å². The average Bonchev–Trinajstić information content (AvgIpc) is 3.20. The molecule has 0 bridgehead atoms. The van der Waals surface area contributed by atoms with E-state index in [4.69, 9.17) is 0 Å². The minimum Gasteiger partial charge on any atom is -0.357 e. The Morgan fingerprint density at radius 3 is 2.43 bits per heavy atom. The monoisotopic (exact) mass is 377 g/mol. The molecule has 1 saturated heterocycles. The topological polar surface area (TPSA) is 39.3 Å². The highest BCUT2D eigenvalue weighted by Gasteiger charge is 2.49. The van der Waals surface area contributed by atoms with Crippen LogP contribution in [0.1, 0.15) is 55.4 Å². The number of aromatic amines is 1. The van der Waals surface area contributed by atoms with E-state index in [9.17, 15) is 4.79 Å². The van der Waals surface area contributed by atoms with Crippen molar-refractivity contribution in [2.45, 2.75) is 51.0 Å². The molecule has 1 aromatic heterocycles. The number of para-hydroxylation sites is 1. The highest BCUT2D eigenvalue weighted by Crippen LogP contribution is 2.52. The molecule has 0 radical (unpaired) electrons. The van der Waals surface area contributed by atoms with Crippen LogP contribution in [-0.2, 0) is 0 Å². The van der Waals surface area contributed by atoms with Crippen LogP contribution in [0.3, 0.4) is 0 Å². The third-order valence-electron chi connectivity index (χ3n) is 7.44. The van der Waals surface area contributed by atoms with E-state index in [1.54, 1.807) is 0 Å². The molecule has 148 valence electrons. The molecule has 2 aromatic rings. The first-order chi connectivity index (χ1) is 13.7. The number of hydrogen-bond acceptors (Lipinski definition) is 2. The van der Waals surface area contributed by atoms with Gasteiger partial charge in [0.15, 0.2) is 0 Å². The maximum absolute atomic E-state index is 13.2. The zero-order valence-electron chi connectivity index (χ0n) is 16.6. The highest BCUT2D eigenvalue weighted by molar-refractivity contribution is 6.05. The summed E-state index contributed by atoms with van der Waals surface area (Å²) in [7, 11) is 0. The molecule has 2 heterocycles. The molecule has 5 rings (SSSR count). The van der Waals surface area contributed by atoms with E-state index in [1.807, 2.05) is 41.4 Å². The lowest BCUT2D eigenvalue weighted by atomic mass is 9.59. The second-order valence-corrected chi connectivity index (χ2v) is 9.25. The van der Waals surface area contributed by atoms with Crippen LogP contribution >= 0.6 is 0 Å². The Morgan fingerprint density at radius 2 is 1.82 bits per heavy atom. The summed E-state index contributed by atoms with van der Waals surface area (Å²) >= 11 is 0. The van der Waals surface area contributed by atoms with E-state index in [0.717, 1.165) is 24.4 Å². The van der Waals surface area contributed by atoms with Crippen molar-refractivity contribution >= 4 is 11.6 Å². The smallest absolute Gasteiger partial charge is 0.274 e. The number of nitrogens with one attached hydrogen (secondary N) is 1. The fourth-order valence-corrected chi connectivity index (χ4v) is 5.46. The van der Waals surface area contributed by atoms with Crippen molar-refractivity contribution < 1.29 is 4.79 Å². The molecule has 4 nitrogen and oxygen atoms in total. The summed E-state index contributed by atoms with van der Waals surface area (Å²) in [6, 6.07) is 14.3. The van der Waals surface area contributed by atoms with Crippen molar-refractivity contribution in [2.75, 3.05) is 24.5 Å². The van der Waals surface area contributed by atoms with Gasteiger partial charge < -0.3 is 14.8 Å². The van der Waals surface area contributed by atoms with Crippen LogP contribution in [0.2, 0.25) is 0 Å². The standard InChI is InChI=1S/C24H31N3O/c28-23(22-10-5-13-25-22)27(20-8-2-1-3-9-20)21-16-24(17-21)11-14-26(15-12-24)18-19-6-4-7-19/h1-3,5,8-10,13,19,21,25H,4,6-7,11-12,14-18H2. The second-order valence-electron chi connectivity index (χ2n) is 9.25. The Bertz CT molecular complexity index is 781. The van der Waals surface area contributed by atoms with Crippen LogP contribution in [0, 0.1) is 11.3 Å². The van der Waals surface area contributed by atoms with Crippen LogP contribution in [0.15, 0.2) is 48.7 Å². The molecular formula is C24H31N3O. The number of rotatable bonds is 5. The minimum absolute atomic E-state index is 0.0958. The van der Waals surface area contributed by atoms with Crippen LogP contribution in [0.25, 0.3) is 0 Å². The second kappa shape index (κ2) is 7.40. The molecule has 1 N–H and O–H groups in total. The maximum atomic E-state index is 13.2. The number of benzene rings is 1. The Labute approximate surface area is 167 Å². The molecule has 3 aliphatic rings. The summed E-state index contributed by atoms with van der Waals surface area (Å²) in [5.74, 6) is 1.06. The number of piperidine rings is 1. The van der Waals surface area contributed by atoms with Crippen molar-refractivity contribution in [3.63, 3.8) is 0 Å². The lowest BCUT2D eigenvalue weighted by molar-refractivity contribution is 0.00673. The highest BCUT2D eigenvalue weighted by atomic mass is 16.2. The van der Waals surface area contributed by atoms with Gasteiger partial charge in [-0.05, 0) is 87.2 Å². The van der Waals surface area contributed by atoms with Crippen molar-refractivity contribution in [1.82, 2.24) is 9.88 Å². The van der Waals surface area contributed by atoms with E-state index >= 15 is 0 Å². The molecule has 3 fully saturated rings. The quantitative estimate of drug-likeness (QED) is 0.820. The lowest BCUT2D eigenvalue weighted by Gasteiger charge is -2.55. The third-order valence-corrected chi connectivity index (χ3v) is 7.44. The largest absolute Gasteiger partial charge is 0.357 e. The first-order valence-corrected chi connectivity index (χ1v) is 11.0. The van der Waals surface area contributed by atoms with Crippen molar-refractivity contribution in [1.29, 1.82) is 0 Å². The number of nitrogens with zero attached hydrogens (tertiary/aromatic N) is 2. The molecule has 2 aliphatic carbocycles. The van der Waals surface area contributed by atoms with E-state index in [0.29, 0.717) is 17.2 Å². The predicted octanol–water partition coefficient (Wildman–Crippen LogP) is 4.71. The molecular weight excluding hydrogens is 346 g/mol.